The number of Topliss-reactive ketones (excluding diaryl/α,β-unsaturated/α-hetero) is 1. The average molecular weight is 248 g/mol. The van der Waals surface area contributed by atoms with Crippen molar-refractivity contribution >= 4 is 28.7 Å². The highest BCUT2D eigenvalue weighted by atomic mass is 16.1. The summed E-state index contributed by atoms with van der Waals surface area (Å²) in [5.74, 6) is 0.316. The lowest BCUT2D eigenvalue weighted by Gasteiger charge is -2.17. The van der Waals surface area contributed by atoms with Gasteiger partial charge in [-0.2, -0.15) is 0 Å². The van der Waals surface area contributed by atoms with Gasteiger partial charge in [-0.15, -0.1) is 0 Å². The molecule has 1 heteroatoms. The molecule has 0 unspecified atom stereocenters. The Kier molecular flexibility index (Phi) is 2.34. The van der Waals surface area contributed by atoms with Gasteiger partial charge in [0.2, 0.25) is 0 Å². The van der Waals surface area contributed by atoms with Crippen LogP contribution < -0.4 is 10.4 Å². The van der Waals surface area contributed by atoms with Crippen molar-refractivity contribution in [2.75, 3.05) is 0 Å². The van der Waals surface area contributed by atoms with E-state index in [1.807, 2.05) is 6.07 Å². The Morgan fingerprint density at radius 1 is 0.842 bits per heavy atom. The molecule has 2 aliphatic carbocycles. The summed E-state index contributed by atoms with van der Waals surface area (Å²) in [6.07, 6.45) is 9.68. The van der Waals surface area contributed by atoms with Crippen LogP contribution in [0.5, 0.6) is 0 Å². The van der Waals surface area contributed by atoms with E-state index in [1.165, 1.54) is 26.8 Å². The number of carbonyl (C=O) groups excluding carboxylic acids is 1. The maximum absolute atomic E-state index is 12.0. The van der Waals surface area contributed by atoms with Gasteiger partial charge < -0.3 is 0 Å². The molecule has 0 atom stereocenters. The fourth-order valence-corrected chi connectivity index (χ4v) is 3.47. The summed E-state index contributed by atoms with van der Waals surface area (Å²) >= 11 is 0. The highest BCUT2D eigenvalue weighted by Crippen LogP contribution is 2.27. The van der Waals surface area contributed by atoms with E-state index in [9.17, 15) is 4.79 Å². The topological polar surface area (TPSA) is 17.1 Å². The monoisotopic (exact) mass is 248 g/mol. The third-order valence-corrected chi connectivity index (χ3v) is 4.40. The van der Waals surface area contributed by atoms with E-state index in [4.69, 9.17) is 0 Å². The predicted octanol–water partition coefficient (Wildman–Crippen LogP) is 2.71. The first kappa shape index (κ1) is 11.0. The summed E-state index contributed by atoms with van der Waals surface area (Å²) in [5.41, 5.74) is 2.23. The van der Waals surface area contributed by atoms with E-state index in [0.717, 1.165) is 31.2 Å². The Balaban J connectivity index is 2.15. The zero-order chi connectivity index (χ0) is 12.8. The molecular weight excluding hydrogens is 232 g/mol. The van der Waals surface area contributed by atoms with E-state index in [1.54, 1.807) is 0 Å². The van der Waals surface area contributed by atoms with Crippen molar-refractivity contribution in [1.29, 1.82) is 0 Å². The molecule has 0 bridgehead atoms. The average Bonchev–Trinajstić information content (AvgIpc) is 2.47. The fraction of sp³-hybridized carbons (Fsp3) is 0.278. The molecule has 4 rings (SSSR count). The summed E-state index contributed by atoms with van der Waals surface area (Å²) in [6, 6.07) is 8.61. The second-order valence-corrected chi connectivity index (χ2v) is 5.52. The minimum Gasteiger partial charge on any atom is -0.294 e. The maximum atomic E-state index is 12.0. The van der Waals surface area contributed by atoms with Gasteiger partial charge in [-0.1, -0.05) is 36.4 Å². The molecule has 0 N–H and O–H groups in total. The summed E-state index contributed by atoms with van der Waals surface area (Å²) < 4.78 is 0. The zero-order valence-corrected chi connectivity index (χ0v) is 10.9. The van der Waals surface area contributed by atoms with Crippen LogP contribution in [0.2, 0.25) is 0 Å². The number of hydrogen-bond acceptors (Lipinski definition) is 1. The van der Waals surface area contributed by atoms with Crippen LogP contribution in [0.15, 0.2) is 24.3 Å². The number of ketones is 1. The predicted molar refractivity (Wildman–Crippen MR) is 78.6 cm³/mol. The molecular formula is C18H16O. The van der Waals surface area contributed by atoms with E-state index in [0.29, 0.717) is 12.2 Å². The van der Waals surface area contributed by atoms with Gasteiger partial charge in [0, 0.05) is 12.0 Å². The molecule has 0 aliphatic heterocycles. The van der Waals surface area contributed by atoms with Crippen LogP contribution in [0, 0.1) is 0 Å². The third kappa shape index (κ3) is 1.58. The largest absolute Gasteiger partial charge is 0.294 e. The van der Waals surface area contributed by atoms with Gasteiger partial charge in [0.05, 0.1) is 0 Å². The van der Waals surface area contributed by atoms with Crippen LogP contribution in [0.25, 0.3) is 22.9 Å². The van der Waals surface area contributed by atoms with Crippen molar-refractivity contribution < 1.29 is 4.79 Å². The number of rotatable bonds is 0. The number of benzene rings is 2. The summed E-state index contributed by atoms with van der Waals surface area (Å²) in [4.78, 5) is 12.0. The molecule has 1 nitrogen and oxygen atoms in total. The number of hydrogen-bond donors (Lipinski definition) is 0. The van der Waals surface area contributed by atoms with Gasteiger partial charge in [-0.05, 0) is 52.5 Å². The Morgan fingerprint density at radius 3 is 2.63 bits per heavy atom. The second-order valence-electron chi connectivity index (χ2n) is 5.52. The normalized spacial score (nSPS) is 17.4. The number of fused-ring (bicyclic) bond motifs is 5. The lowest BCUT2D eigenvalue weighted by molar-refractivity contribution is 0.0973. The van der Waals surface area contributed by atoms with Crippen LogP contribution in [0.1, 0.15) is 41.6 Å². The first-order valence-electron chi connectivity index (χ1n) is 7.13. The second kappa shape index (κ2) is 4.06. The molecule has 2 aliphatic rings. The summed E-state index contributed by atoms with van der Waals surface area (Å²) in [6.45, 7) is 0. The molecule has 0 saturated heterocycles. The lowest BCUT2D eigenvalue weighted by Crippen LogP contribution is -2.27. The van der Waals surface area contributed by atoms with E-state index < -0.39 is 0 Å². The quantitative estimate of drug-likeness (QED) is 0.700. The molecule has 19 heavy (non-hydrogen) atoms. The molecule has 0 aromatic heterocycles. The maximum Gasteiger partial charge on any atom is 0.163 e. The van der Waals surface area contributed by atoms with Crippen molar-refractivity contribution in [3.63, 3.8) is 0 Å². The Labute approximate surface area is 112 Å². The summed E-state index contributed by atoms with van der Waals surface area (Å²) in [7, 11) is 0. The first-order valence-corrected chi connectivity index (χ1v) is 7.13. The third-order valence-electron chi connectivity index (χ3n) is 4.40. The lowest BCUT2D eigenvalue weighted by atomic mass is 9.86. The Bertz CT molecular complexity index is 812. The molecule has 0 heterocycles. The molecule has 0 radical (unpaired) electrons. The number of aryl methyl sites for hydroxylation is 1. The van der Waals surface area contributed by atoms with Crippen LogP contribution in [-0.2, 0) is 6.42 Å². The smallest absolute Gasteiger partial charge is 0.163 e. The standard InChI is InChI=1S/C18H16O/c19-18-7-3-6-14-16-9-8-12-4-1-2-5-13(12)15(16)10-11-17(14)18/h4-5,8-11H,1-3,6-7H2. The Hall–Kier alpha value is -1.89. The van der Waals surface area contributed by atoms with Crippen molar-refractivity contribution in [3.8, 4) is 0 Å². The number of carbonyl (C=O) groups is 1. The van der Waals surface area contributed by atoms with Crippen LogP contribution in [0.3, 0.4) is 0 Å². The van der Waals surface area contributed by atoms with Crippen molar-refractivity contribution in [2.24, 2.45) is 0 Å². The van der Waals surface area contributed by atoms with Gasteiger partial charge in [0.15, 0.2) is 5.78 Å². The summed E-state index contributed by atoms with van der Waals surface area (Å²) in [5, 5.41) is 5.32. The molecule has 0 saturated carbocycles. The SMILES string of the molecule is O=C1CCCc2c1ccc1c3c(ccc21)=CCCC=3. The van der Waals surface area contributed by atoms with Crippen LogP contribution in [0.4, 0.5) is 0 Å². The van der Waals surface area contributed by atoms with E-state index in [-0.39, 0.29) is 0 Å². The van der Waals surface area contributed by atoms with Crippen molar-refractivity contribution in [3.05, 3.63) is 45.8 Å². The molecule has 0 spiro atoms. The Morgan fingerprint density at radius 2 is 1.68 bits per heavy atom. The highest BCUT2D eigenvalue weighted by molar-refractivity contribution is 6.03. The van der Waals surface area contributed by atoms with Crippen molar-refractivity contribution in [2.45, 2.75) is 32.1 Å². The molecule has 2 aromatic carbocycles. The molecule has 0 amide bonds. The molecule has 0 fully saturated rings. The van der Waals surface area contributed by atoms with Gasteiger partial charge in [-0.25, -0.2) is 0 Å². The highest BCUT2D eigenvalue weighted by Gasteiger charge is 2.19. The first-order chi connectivity index (χ1) is 9.34. The minimum atomic E-state index is 0.316. The van der Waals surface area contributed by atoms with Gasteiger partial charge in [0.1, 0.15) is 0 Å². The fourth-order valence-electron chi connectivity index (χ4n) is 3.47. The van der Waals surface area contributed by atoms with Crippen molar-refractivity contribution in [1.82, 2.24) is 0 Å². The van der Waals surface area contributed by atoms with E-state index in [2.05, 4.69) is 30.4 Å². The minimum absolute atomic E-state index is 0.316. The van der Waals surface area contributed by atoms with E-state index >= 15 is 0 Å². The van der Waals surface area contributed by atoms with Crippen LogP contribution >= 0.6 is 0 Å². The molecule has 2 aromatic rings. The van der Waals surface area contributed by atoms with Gasteiger partial charge in [0.25, 0.3) is 0 Å². The van der Waals surface area contributed by atoms with Gasteiger partial charge >= 0.3 is 0 Å². The van der Waals surface area contributed by atoms with Crippen LogP contribution in [-0.4, -0.2) is 5.78 Å². The molecule has 94 valence electrons. The zero-order valence-electron chi connectivity index (χ0n) is 10.9. The van der Waals surface area contributed by atoms with Gasteiger partial charge in [-0.3, -0.25) is 4.79 Å².